The molecule has 1 saturated heterocycles. The standard InChI is InChI=1S/C16H23N3O3.ClH/c1-18(12-16(21)19-9-7-17-8-10-19)15(20)11-13-3-5-14(22-2)6-4-13;/h3-6,17H,7-12H2,1-2H3;1H. The lowest BCUT2D eigenvalue weighted by atomic mass is 10.1. The number of carbonyl (C=O) groups excluding carboxylic acids is 2. The van der Waals surface area contributed by atoms with Crippen LogP contribution in [-0.4, -0.2) is 68.5 Å². The Bertz CT molecular complexity index is 516. The van der Waals surface area contributed by atoms with Crippen molar-refractivity contribution in [2.75, 3.05) is 46.9 Å². The molecule has 0 bridgehead atoms. The van der Waals surface area contributed by atoms with E-state index in [0.29, 0.717) is 13.1 Å². The van der Waals surface area contributed by atoms with Crippen LogP contribution in [0.3, 0.4) is 0 Å². The zero-order valence-electron chi connectivity index (χ0n) is 13.6. The summed E-state index contributed by atoms with van der Waals surface area (Å²) in [4.78, 5) is 27.6. The summed E-state index contributed by atoms with van der Waals surface area (Å²) in [6, 6.07) is 7.38. The lowest BCUT2D eigenvalue weighted by Crippen LogP contribution is -2.49. The molecule has 1 N–H and O–H groups in total. The van der Waals surface area contributed by atoms with E-state index in [1.165, 1.54) is 4.90 Å². The van der Waals surface area contributed by atoms with Gasteiger partial charge in [-0.2, -0.15) is 0 Å². The van der Waals surface area contributed by atoms with E-state index >= 15 is 0 Å². The maximum atomic E-state index is 12.2. The first-order chi connectivity index (χ1) is 10.6. The molecule has 0 atom stereocenters. The molecule has 23 heavy (non-hydrogen) atoms. The second-order valence-corrected chi connectivity index (χ2v) is 5.41. The number of piperazine rings is 1. The lowest BCUT2D eigenvalue weighted by Gasteiger charge is -2.29. The number of amides is 2. The fourth-order valence-electron chi connectivity index (χ4n) is 2.36. The SMILES string of the molecule is COc1ccc(CC(=O)N(C)CC(=O)N2CCNCC2)cc1.Cl. The van der Waals surface area contributed by atoms with Gasteiger partial charge in [0, 0.05) is 33.2 Å². The highest BCUT2D eigenvalue weighted by molar-refractivity contribution is 5.86. The summed E-state index contributed by atoms with van der Waals surface area (Å²) in [7, 11) is 3.28. The van der Waals surface area contributed by atoms with Crippen molar-refractivity contribution in [1.29, 1.82) is 0 Å². The molecular formula is C16H24ClN3O3. The molecule has 2 rings (SSSR count). The van der Waals surface area contributed by atoms with Crippen LogP contribution < -0.4 is 10.1 Å². The smallest absolute Gasteiger partial charge is 0.242 e. The monoisotopic (exact) mass is 341 g/mol. The van der Waals surface area contributed by atoms with Crippen molar-refractivity contribution < 1.29 is 14.3 Å². The molecule has 1 heterocycles. The largest absolute Gasteiger partial charge is 0.497 e. The van der Waals surface area contributed by atoms with Crippen molar-refractivity contribution in [1.82, 2.24) is 15.1 Å². The van der Waals surface area contributed by atoms with Gasteiger partial charge in [0.1, 0.15) is 5.75 Å². The van der Waals surface area contributed by atoms with Crippen LogP contribution in [0.2, 0.25) is 0 Å². The Morgan fingerprint density at radius 1 is 1.22 bits per heavy atom. The summed E-state index contributed by atoms with van der Waals surface area (Å²) in [5.74, 6) is 0.708. The Balaban J connectivity index is 0.00000264. The number of nitrogens with one attached hydrogen (secondary N) is 1. The minimum atomic E-state index is -0.0614. The molecule has 1 fully saturated rings. The predicted molar refractivity (Wildman–Crippen MR) is 91.0 cm³/mol. The van der Waals surface area contributed by atoms with E-state index in [-0.39, 0.29) is 37.2 Å². The Kier molecular flexibility index (Phi) is 7.85. The third-order valence-corrected chi connectivity index (χ3v) is 3.78. The van der Waals surface area contributed by atoms with E-state index in [1.807, 2.05) is 24.3 Å². The minimum Gasteiger partial charge on any atom is -0.497 e. The van der Waals surface area contributed by atoms with E-state index in [4.69, 9.17) is 4.74 Å². The van der Waals surface area contributed by atoms with Crippen LogP contribution in [0.5, 0.6) is 5.75 Å². The lowest BCUT2D eigenvalue weighted by molar-refractivity contribution is -0.139. The molecule has 0 saturated carbocycles. The van der Waals surface area contributed by atoms with Gasteiger partial charge in [-0.05, 0) is 17.7 Å². The molecule has 7 heteroatoms. The van der Waals surface area contributed by atoms with E-state index in [1.54, 1.807) is 19.1 Å². The van der Waals surface area contributed by atoms with Gasteiger partial charge in [0.15, 0.2) is 0 Å². The van der Waals surface area contributed by atoms with Crippen molar-refractivity contribution >= 4 is 24.2 Å². The van der Waals surface area contributed by atoms with Gasteiger partial charge in [-0.1, -0.05) is 12.1 Å². The number of likely N-dealkylation sites (N-methyl/N-ethyl adjacent to an activating group) is 1. The Morgan fingerprint density at radius 2 is 1.83 bits per heavy atom. The number of halogens is 1. The first-order valence-electron chi connectivity index (χ1n) is 7.45. The van der Waals surface area contributed by atoms with Crippen LogP contribution in [0.25, 0.3) is 0 Å². The fraction of sp³-hybridized carbons (Fsp3) is 0.500. The average Bonchev–Trinajstić information content (AvgIpc) is 2.56. The fourth-order valence-corrected chi connectivity index (χ4v) is 2.36. The number of benzene rings is 1. The highest BCUT2D eigenvalue weighted by Gasteiger charge is 2.20. The average molecular weight is 342 g/mol. The summed E-state index contributed by atoms with van der Waals surface area (Å²) < 4.78 is 5.09. The van der Waals surface area contributed by atoms with Gasteiger partial charge in [-0.25, -0.2) is 0 Å². The molecule has 0 aliphatic carbocycles. The summed E-state index contributed by atoms with van der Waals surface area (Å²) in [6.07, 6.45) is 0.287. The van der Waals surface area contributed by atoms with Gasteiger partial charge < -0.3 is 19.9 Å². The third-order valence-electron chi connectivity index (χ3n) is 3.78. The number of rotatable bonds is 5. The van der Waals surface area contributed by atoms with Gasteiger partial charge >= 0.3 is 0 Å². The highest BCUT2D eigenvalue weighted by Crippen LogP contribution is 2.12. The van der Waals surface area contributed by atoms with Crippen LogP contribution in [0.1, 0.15) is 5.56 Å². The second-order valence-electron chi connectivity index (χ2n) is 5.41. The molecular weight excluding hydrogens is 318 g/mol. The molecule has 1 aromatic carbocycles. The number of methoxy groups -OCH3 is 1. The highest BCUT2D eigenvalue weighted by atomic mass is 35.5. The van der Waals surface area contributed by atoms with Crippen LogP contribution >= 0.6 is 12.4 Å². The third kappa shape index (κ3) is 5.73. The van der Waals surface area contributed by atoms with Gasteiger partial charge in [0.25, 0.3) is 0 Å². The minimum absolute atomic E-state index is 0. The summed E-state index contributed by atoms with van der Waals surface area (Å²) in [6.45, 7) is 3.18. The van der Waals surface area contributed by atoms with Gasteiger partial charge in [0.2, 0.25) is 11.8 Å². The zero-order valence-corrected chi connectivity index (χ0v) is 14.4. The van der Waals surface area contributed by atoms with Crippen LogP contribution in [-0.2, 0) is 16.0 Å². The molecule has 1 aliphatic heterocycles. The molecule has 1 aromatic rings. The van der Waals surface area contributed by atoms with Gasteiger partial charge in [-0.3, -0.25) is 9.59 Å². The van der Waals surface area contributed by atoms with Crippen LogP contribution in [0, 0.1) is 0 Å². The molecule has 0 aromatic heterocycles. The molecule has 0 unspecified atom stereocenters. The normalized spacial score (nSPS) is 13.9. The molecule has 2 amide bonds. The van der Waals surface area contributed by atoms with E-state index in [2.05, 4.69) is 5.32 Å². The molecule has 0 radical (unpaired) electrons. The van der Waals surface area contributed by atoms with Crippen LogP contribution in [0.4, 0.5) is 0 Å². The number of nitrogens with zero attached hydrogens (tertiary/aromatic N) is 2. The molecule has 1 aliphatic rings. The molecule has 0 spiro atoms. The topological polar surface area (TPSA) is 61.9 Å². The predicted octanol–water partition coefficient (Wildman–Crippen LogP) is 0.550. The number of hydrogen-bond acceptors (Lipinski definition) is 4. The quantitative estimate of drug-likeness (QED) is 0.849. The summed E-state index contributed by atoms with van der Waals surface area (Å²) >= 11 is 0. The van der Waals surface area contributed by atoms with Crippen LogP contribution in [0.15, 0.2) is 24.3 Å². The van der Waals surface area contributed by atoms with E-state index < -0.39 is 0 Å². The maximum absolute atomic E-state index is 12.2. The van der Waals surface area contributed by atoms with E-state index in [0.717, 1.165) is 24.4 Å². The zero-order chi connectivity index (χ0) is 15.9. The Hall–Kier alpha value is -1.79. The van der Waals surface area contributed by atoms with Crippen molar-refractivity contribution in [3.63, 3.8) is 0 Å². The van der Waals surface area contributed by atoms with Crippen molar-refractivity contribution in [3.05, 3.63) is 29.8 Å². The summed E-state index contributed by atoms with van der Waals surface area (Å²) in [5.41, 5.74) is 0.910. The Morgan fingerprint density at radius 3 is 2.39 bits per heavy atom. The van der Waals surface area contributed by atoms with Crippen molar-refractivity contribution in [2.24, 2.45) is 0 Å². The number of carbonyl (C=O) groups is 2. The maximum Gasteiger partial charge on any atom is 0.242 e. The number of hydrogen-bond donors (Lipinski definition) is 1. The second kappa shape index (κ2) is 9.37. The first-order valence-corrected chi connectivity index (χ1v) is 7.45. The van der Waals surface area contributed by atoms with Crippen molar-refractivity contribution in [2.45, 2.75) is 6.42 Å². The molecule has 128 valence electrons. The number of ether oxygens (including phenoxy) is 1. The van der Waals surface area contributed by atoms with Crippen molar-refractivity contribution in [3.8, 4) is 5.75 Å². The first kappa shape index (κ1) is 19.3. The molecule has 6 nitrogen and oxygen atoms in total. The Labute approximate surface area is 143 Å². The van der Waals surface area contributed by atoms with Gasteiger partial charge in [-0.15, -0.1) is 12.4 Å². The summed E-state index contributed by atoms with van der Waals surface area (Å²) in [5, 5.41) is 3.20. The van der Waals surface area contributed by atoms with E-state index in [9.17, 15) is 9.59 Å². The van der Waals surface area contributed by atoms with Gasteiger partial charge in [0.05, 0.1) is 20.1 Å².